The van der Waals surface area contributed by atoms with Crippen molar-refractivity contribution in [2.75, 3.05) is 11.9 Å². The number of rotatable bonds is 3. The van der Waals surface area contributed by atoms with Crippen molar-refractivity contribution in [3.8, 4) is 0 Å². The van der Waals surface area contributed by atoms with E-state index in [2.05, 4.69) is 20.5 Å². The van der Waals surface area contributed by atoms with Crippen molar-refractivity contribution in [1.82, 2.24) is 15.2 Å². The second kappa shape index (κ2) is 4.13. The van der Waals surface area contributed by atoms with Crippen LogP contribution in [0.5, 0.6) is 0 Å². The lowest BCUT2D eigenvalue weighted by Gasteiger charge is -2.06. The first kappa shape index (κ1) is 9.85. The van der Waals surface area contributed by atoms with Crippen molar-refractivity contribution in [1.29, 1.82) is 0 Å². The first-order chi connectivity index (χ1) is 6.09. The first-order valence-electron chi connectivity index (χ1n) is 4.19. The van der Waals surface area contributed by atoms with E-state index in [1.54, 1.807) is 6.92 Å². The van der Waals surface area contributed by atoms with Gasteiger partial charge < -0.3 is 10.4 Å². The van der Waals surface area contributed by atoms with Crippen LogP contribution in [0.3, 0.4) is 0 Å². The number of hydrogen-bond acceptors (Lipinski definition) is 5. The summed E-state index contributed by atoms with van der Waals surface area (Å²) < 4.78 is 0. The van der Waals surface area contributed by atoms with Crippen LogP contribution < -0.4 is 5.32 Å². The second-order valence-electron chi connectivity index (χ2n) is 3.04. The first-order valence-corrected chi connectivity index (χ1v) is 4.19. The lowest BCUT2D eigenvalue weighted by Crippen LogP contribution is -2.17. The molecule has 5 heteroatoms. The molecule has 1 heterocycles. The molecule has 2 N–H and O–H groups in total. The van der Waals surface area contributed by atoms with E-state index in [1.165, 1.54) is 0 Å². The van der Waals surface area contributed by atoms with Gasteiger partial charge >= 0.3 is 0 Å². The molecule has 0 saturated carbocycles. The van der Waals surface area contributed by atoms with Crippen molar-refractivity contribution in [3.63, 3.8) is 0 Å². The van der Waals surface area contributed by atoms with Gasteiger partial charge in [-0.25, -0.2) is 4.98 Å². The van der Waals surface area contributed by atoms with Crippen molar-refractivity contribution >= 4 is 5.95 Å². The minimum Gasteiger partial charge on any atom is -0.392 e. The average Bonchev–Trinajstić information content (AvgIpc) is 2.07. The van der Waals surface area contributed by atoms with E-state index in [0.717, 1.165) is 11.4 Å². The number of aliphatic hydroxyl groups is 1. The highest BCUT2D eigenvalue weighted by Gasteiger charge is 2.01. The third kappa shape index (κ3) is 2.95. The lowest BCUT2D eigenvalue weighted by atomic mass is 10.4. The van der Waals surface area contributed by atoms with Gasteiger partial charge in [-0.15, -0.1) is 5.10 Å². The Morgan fingerprint density at radius 2 is 2.00 bits per heavy atom. The maximum atomic E-state index is 9.00. The van der Waals surface area contributed by atoms with Crippen molar-refractivity contribution in [3.05, 3.63) is 11.4 Å². The summed E-state index contributed by atoms with van der Waals surface area (Å²) in [5, 5.41) is 19.6. The molecule has 0 unspecified atom stereocenters. The van der Waals surface area contributed by atoms with E-state index in [-0.39, 0.29) is 0 Å². The number of aliphatic hydroxyl groups excluding tert-OH is 1. The molecule has 0 amide bonds. The molecule has 0 radical (unpaired) electrons. The predicted octanol–water partition coefficient (Wildman–Crippen LogP) is 0.281. The smallest absolute Gasteiger partial charge is 0.243 e. The molecule has 0 spiro atoms. The molecular formula is C8H14N4O. The Balaban J connectivity index is 2.63. The van der Waals surface area contributed by atoms with E-state index in [1.807, 2.05) is 13.8 Å². The third-order valence-corrected chi connectivity index (χ3v) is 1.65. The molecule has 5 nitrogen and oxygen atoms in total. The fourth-order valence-corrected chi connectivity index (χ4v) is 0.771. The van der Waals surface area contributed by atoms with Crippen molar-refractivity contribution in [2.24, 2.45) is 0 Å². The van der Waals surface area contributed by atoms with E-state index in [4.69, 9.17) is 5.11 Å². The van der Waals surface area contributed by atoms with Gasteiger partial charge in [0.05, 0.1) is 17.5 Å². The van der Waals surface area contributed by atoms with Crippen LogP contribution in [0.1, 0.15) is 18.3 Å². The molecule has 0 aliphatic carbocycles. The Labute approximate surface area is 77.2 Å². The molecule has 72 valence electrons. The van der Waals surface area contributed by atoms with Gasteiger partial charge in [-0.1, -0.05) is 0 Å². The van der Waals surface area contributed by atoms with Gasteiger partial charge in [0.25, 0.3) is 0 Å². The average molecular weight is 182 g/mol. The SMILES string of the molecule is Cc1nnc(NC[C@@H](C)O)nc1C. The van der Waals surface area contributed by atoms with Gasteiger partial charge in [-0.3, -0.25) is 0 Å². The van der Waals surface area contributed by atoms with E-state index in [0.29, 0.717) is 12.5 Å². The Kier molecular flexibility index (Phi) is 3.13. The highest BCUT2D eigenvalue weighted by atomic mass is 16.3. The Bertz CT molecular complexity index is 287. The number of nitrogens with zero attached hydrogens (tertiary/aromatic N) is 3. The van der Waals surface area contributed by atoms with Crippen molar-refractivity contribution < 1.29 is 5.11 Å². The van der Waals surface area contributed by atoms with Gasteiger partial charge in [0, 0.05) is 6.54 Å². The van der Waals surface area contributed by atoms with Crippen LogP contribution in [0.25, 0.3) is 0 Å². The molecule has 0 aromatic carbocycles. The van der Waals surface area contributed by atoms with Crippen LogP contribution in [0.15, 0.2) is 0 Å². The largest absolute Gasteiger partial charge is 0.392 e. The maximum Gasteiger partial charge on any atom is 0.243 e. The predicted molar refractivity (Wildman–Crippen MR) is 49.5 cm³/mol. The van der Waals surface area contributed by atoms with Crippen LogP contribution in [-0.4, -0.2) is 32.9 Å². The Hall–Kier alpha value is -1.23. The molecule has 0 bridgehead atoms. The summed E-state index contributed by atoms with van der Waals surface area (Å²) in [6, 6.07) is 0. The fraction of sp³-hybridized carbons (Fsp3) is 0.625. The standard InChI is InChI=1S/C8H14N4O/c1-5(13)4-9-8-10-6(2)7(3)11-12-8/h5,13H,4H2,1-3H3,(H,9,10,12)/t5-/m1/s1. The van der Waals surface area contributed by atoms with Crippen LogP contribution in [-0.2, 0) is 0 Å². The zero-order valence-electron chi connectivity index (χ0n) is 8.07. The van der Waals surface area contributed by atoms with Gasteiger partial charge in [0.15, 0.2) is 0 Å². The molecular weight excluding hydrogens is 168 g/mol. The summed E-state index contributed by atoms with van der Waals surface area (Å²) in [5.74, 6) is 0.462. The second-order valence-corrected chi connectivity index (χ2v) is 3.04. The van der Waals surface area contributed by atoms with Gasteiger partial charge in [-0.2, -0.15) is 5.10 Å². The molecule has 0 aliphatic heterocycles. The van der Waals surface area contributed by atoms with Crippen LogP contribution in [0.2, 0.25) is 0 Å². The minimum absolute atomic E-state index is 0.412. The van der Waals surface area contributed by atoms with E-state index in [9.17, 15) is 0 Å². The molecule has 1 aromatic heterocycles. The number of nitrogens with one attached hydrogen (secondary N) is 1. The third-order valence-electron chi connectivity index (χ3n) is 1.65. The quantitative estimate of drug-likeness (QED) is 0.702. The van der Waals surface area contributed by atoms with Gasteiger partial charge in [0.2, 0.25) is 5.95 Å². The number of hydrogen-bond donors (Lipinski definition) is 2. The molecule has 1 atom stereocenters. The van der Waals surface area contributed by atoms with E-state index < -0.39 is 6.10 Å². The Morgan fingerprint density at radius 3 is 2.54 bits per heavy atom. The molecule has 1 rings (SSSR count). The van der Waals surface area contributed by atoms with Crippen LogP contribution >= 0.6 is 0 Å². The summed E-state index contributed by atoms with van der Waals surface area (Å²) >= 11 is 0. The van der Waals surface area contributed by atoms with E-state index >= 15 is 0 Å². The van der Waals surface area contributed by atoms with Gasteiger partial charge in [0.1, 0.15) is 0 Å². The number of aromatic nitrogens is 3. The maximum absolute atomic E-state index is 9.00. The topological polar surface area (TPSA) is 70.9 Å². The lowest BCUT2D eigenvalue weighted by molar-refractivity contribution is 0.208. The summed E-state index contributed by atoms with van der Waals surface area (Å²) in [6.07, 6.45) is -0.412. The normalized spacial score (nSPS) is 12.6. The minimum atomic E-state index is -0.412. The summed E-state index contributed by atoms with van der Waals surface area (Å²) in [7, 11) is 0. The molecule has 1 aromatic rings. The Morgan fingerprint density at radius 1 is 1.31 bits per heavy atom. The molecule has 0 saturated heterocycles. The molecule has 0 fully saturated rings. The highest BCUT2D eigenvalue weighted by Crippen LogP contribution is 2.01. The molecule has 13 heavy (non-hydrogen) atoms. The van der Waals surface area contributed by atoms with Crippen LogP contribution in [0, 0.1) is 13.8 Å². The van der Waals surface area contributed by atoms with Gasteiger partial charge in [-0.05, 0) is 20.8 Å². The number of aryl methyl sites for hydroxylation is 2. The highest BCUT2D eigenvalue weighted by molar-refractivity contribution is 5.24. The monoisotopic (exact) mass is 182 g/mol. The summed E-state index contributed by atoms with van der Waals surface area (Å²) in [6.45, 7) is 5.86. The zero-order chi connectivity index (χ0) is 9.84. The van der Waals surface area contributed by atoms with Crippen LogP contribution in [0.4, 0.5) is 5.95 Å². The summed E-state index contributed by atoms with van der Waals surface area (Å²) in [5.41, 5.74) is 1.67. The zero-order valence-corrected chi connectivity index (χ0v) is 8.07. The molecule has 0 aliphatic rings. The fourth-order valence-electron chi connectivity index (χ4n) is 0.771. The number of anilines is 1. The summed E-state index contributed by atoms with van der Waals surface area (Å²) in [4.78, 5) is 4.15. The van der Waals surface area contributed by atoms with Crippen molar-refractivity contribution in [2.45, 2.75) is 26.9 Å².